The minimum Gasteiger partial charge on any atom is -0.416 e. The Balaban J connectivity index is 1.72. The Labute approximate surface area is 213 Å². The number of hydrogen-bond donors (Lipinski definition) is 0. The molecule has 0 bridgehead atoms. The molecule has 0 saturated heterocycles. The quantitative estimate of drug-likeness (QED) is 0.254. The van der Waals surface area contributed by atoms with Crippen LogP contribution in [0.2, 0.25) is 0 Å². The molecule has 0 aliphatic carbocycles. The first kappa shape index (κ1) is 20.3. The molecule has 0 amide bonds. The van der Waals surface area contributed by atoms with Crippen LogP contribution in [0.15, 0.2) is 121 Å². The molecule has 0 unspecified atom stereocenters. The zero-order valence-corrected chi connectivity index (χ0v) is 20.3. The number of fused-ring (bicyclic) bond motifs is 9. The van der Waals surface area contributed by atoms with Crippen molar-refractivity contribution in [3.8, 4) is 11.4 Å². The standard InChI is InChI=1S/C33H23N3O/c1-37-36-28-19-11-8-16-24(28)30-29(36)21-20-26-31(30)35(23-14-6-3-7-15-23)32-25-17-9-10-18-27(25)34(33(26)32)22-12-4-2-5-13-22/h2-21H,1H3. The Bertz CT molecular complexity index is 2110. The number of para-hydroxylation sites is 4. The van der Waals surface area contributed by atoms with Crippen molar-refractivity contribution >= 4 is 54.6 Å². The summed E-state index contributed by atoms with van der Waals surface area (Å²) in [5, 5.41) is 4.81. The Hall–Kier alpha value is -4.96. The summed E-state index contributed by atoms with van der Waals surface area (Å²) < 4.78 is 6.80. The zero-order chi connectivity index (χ0) is 24.5. The molecule has 0 N–H and O–H groups in total. The van der Waals surface area contributed by atoms with E-state index < -0.39 is 0 Å². The summed E-state index contributed by atoms with van der Waals surface area (Å²) in [6.45, 7) is 0. The van der Waals surface area contributed by atoms with Gasteiger partial charge in [-0.2, -0.15) is 4.73 Å². The number of hydrogen-bond acceptors (Lipinski definition) is 1. The van der Waals surface area contributed by atoms with Gasteiger partial charge >= 0.3 is 0 Å². The van der Waals surface area contributed by atoms with Crippen LogP contribution < -0.4 is 4.84 Å². The van der Waals surface area contributed by atoms with Crippen molar-refractivity contribution in [1.82, 2.24) is 13.9 Å². The van der Waals surface area contributed by atoms with Gasteiger partial charge in [-0.1, -0.05) is 72.8 Å². The molecule has 0 aliphatic heterocycles. The molecule has 4 heteroatoms. The van der Waals surface area contributed by atoms with Crippen molar-refractivity contribution in [2.45, 2.75) is 0 Å². The van der Waals surface area contributed by atoms with Crippen molar-refractivity contribution in [2.24, 2.45) is 0 Å². The molecule has 4 nitrogen and oxygen atoms in total. The van der Waals surface area contributed by atoms with Gasteiger partial charge in [-0.25, -0.2) is 0 Å². The van der Waals surface area contributed by atoms with Gasteiger partial charge in [-0.15, -0.1) is 0 Å². The van der Waals surface area contributed by atoms with Crippen LogP contribution in [0.4, 0.5) is 0 Å². The molecule has 3 aromatic heterocycles. The molecule has 176 valence electrons. The molecule has 0 aliphatic rings. The highest BCUT2D eigenvalue weighted by molar-refractivity contribution is 6.28. The zero-order valence-electron chi connectivity index (χ0n) is 20.3. The topological polar surface area (TPSA) is 24.0 Å². The van der Waals surface area contributed by atoms with Gasteiger partial charge in [0, 0.05) is 32.9 Å². The maximum atomic E-state index is 5.90. The first-order valence-electron chi connectivity index (χ1n) is 12.5. The molecule has 0 atom stereocenters. The van der Waals surface area contributed by atoms with E-state index in [0.29, 0.717) is 0 Å². The molecular formula is C33H23N3O. The summed E-state index contributed by atoms with van der Waals surface area (Å²) in [6, 6.07) is 43.0. The van der Waals surface area contributed by atoms with Crippen LogP contribution in [-0.2, 0) is 0 Å². The Morgan fingerprint density at radius 1 is 0.432 bits per heavy atom. The summed E-state index contributed by atoms with van der Waals surface area (Å²) in [5.41, 5.74) is 9.23. The SMILES string of the molecule is COn1c2ccccc2c2c1ccc1c3c(c4ccccc4n3-c3ccccc3)n(-c3ccccc3)c12. The Morgan fingerprint density at radius 3 is 1.70 bits per heavy atom. The molecule has 0 fully saturated rings. The number of aromatic nitrogens is 3. The van der Waals surface area contributed by atoms with Gasteiger partial charge in [0.15, 0.2) is 0 Å². The summed E-state index contributed by atoms with van der Waals surface area (Å²) in [6.07, 6.45) is 0. The van der Waals surface area contributed by atoms with Crippen LogP contribution in [0.25, 0.3) is 66.0 Å². The monoisotopic (exact) mass is 477 g/mol. The highest BCUT2D eigenvalue weighted by Crippen LogP contribution is 2.44. The lowest BCUT2D eigenvalue weighted by Gasteiger charge is -2.10. The fourth-order valence-electron chi connectivity index (χ4n) is 6.12. The molecule has 0 radical (unpaired) electrons. The first-order valence-corrected chi connectivity index (χ1v) is 12.5. The van der Waals surface area contributed by atoms with Crippen LogP contribution in [0.5, 0.6) is 0 Å². The number of nitrogens with zero attached hydrogens (tertiary/aromatic N) is 3. The van der Waals surface area contributed by atoms with E-state index in [-0.39, 0.29) is 0 Å². The molecule has 8 aromatic rings. The first-order chi connectivity index (χ1) is 18.4. The molecule has 0 spiro atoms. The van der Waals surface area contributed by atoms with Crippen molar-refractivity contribution in [1.29, 1.82) is 0 Å². The average molecular weight is 478 g/mol. The van der Waals surface area contributed by atoms with Crippen molar-refractivity contribution in [3.05, 3.63) is 121 Å². The Kier molecular flexibility index (Phi) is 4.12. The second-order valence-electron chi connectivity index (χ2n) is 9.41. The number of benzene rings is 5. The van der Waals surface area contributed by atoms with Gasteiger partial charge in [0.2, 0.25) is 0 Å². The van der Waals surface area contributed by atoms with Crippen LogP contribution in [0, 0.1) is 0 Å². The van der Waals surface area contributed by atoms with Gasteiger partial charge < -0.3 is 14.0 Å². The second-order valence-corrected chi connectivity index (χ2v) is 9.41. The lowest BCUT2D eigenvalue weighted by atomic mass is 10.1. The fourth-order valence-corrected chi connectivity index (χ4v) is 6.12. The van der Waals surface area contributed by atoms with Crippen LogP contribution in [-0.4, -0.2) is 21.0 Å². The lowest BCUT2D eigenvalue weighted by Crippen LogP contribution is -2.04. The summed E-state index contributed by atoms with van der Waals surface area (Å²) in [4.78, 5) is 5.90. The predicted molar refractivity (Wildman–Crippen MR) is 153 cm³/mol. The minimum atomic E-state index is 1.06. The smallest absolute Gasteiger partial charge is 0.104 e. The van der Waals surface area contributed by atoms with E-state index in [2.05, 4.69) is 130 Å². The number of rotatable bonds is 3. The van der Waals surface area contributed by atoms with Crippen LogP contribution in [0.3, 0.4) is 0 Å². The maximum absolute atomic E-state index is 5.90. The van der Waals surface area contributed by atoms with E-state index in [1.807, 2.05) is 4.73 Å². The second kappa shape index (κ2) is 7.52. The summed E-state index contributed by atoms with van der Waals surface area (Å²) in [5.74, 6) is 0. The van der Waals surface area contributed by atoms with Crippen molar-refractivity contribution in [3.63, 3.8) is 0 Å². The third-order valence-electron chi connectivity index (χ3n) is 7.53. The summed E-state index contributed by atoms with van der Waals surface area (Å²) >= 11 is 0. The molecule has 0 saturated carbocycles. The van der Waals surface area contributed by atoms with Gasteiger partial charge in [0.25, 0.3) is 0 Å². The van der Waals surface area contributed by atoms with Gasteiger partial charge in [-0.3, -0.25) is 0 Å². The van der Waals surface area contributed by atoms with E-state index in [1.165, 1.54) is 43.6 Å². The van der Waals surface area contributed by atoms with Gasteiger partial charge in [0.05, 0.1) is 33.1 Å². The third-order valence-corrected chi connectivity index (χ3v) is 7.53. The van der Waals surface area contributed by atoms with Crippen molar-refractivity contribution < 1.29 is 4.84 Å². The molecule has 8 rings (SSSR count). The summed E-state index contributed by atoms with van der Waals surface area (Å²) in [7, 11) is 1.74. The van der Waals surface area contributed by atoms with Crippen molar-refractivity contribution in [2.75, 3.05) is 7.11 Å². The normalized spacial score (nSPS) is 11.9. The fraction of sp³-hybridized carbons (Fsp3) is 0.0303. The van der Waals surface area contributed by atoms with E-state index in [4.69, 9.17) is 4.84 Å². The van der Waals surface area contributed by atoms with Crippen LogP contribution in [0.1, 0.15) is 0 Å². The highest BCUT2D eigenvalue weighted by Gasteiger charge is 2.25. The van der Waals surface area contributed by atoms with E-state index in [0.717, 1.165) is 22.4 Å². The van der Waals surface area contributed by atoms with E-state index >= 15 is 0 Å². The van der Waals surface area contributed by atoms with E-state index in [1.54, 1.807) is 7.11 Å². The van der Waals surface area contributed by atoms with Gasteiger partial charge in [-0.05, 0) is 48.5 Å². The van der Waals surface area contributed by atoms with Crippen LogP contribution >= 0.6 is 0 Å². The minimum absolute atomic E-state index is 1.06. The maximum Gasteiger partial charge on any atom is 0.104 e. The molecular weight excluding hydrogens is 454 g/mol. The Morgan fingerprint density at radius 2 is 1.00 bits per heavy atom. The van der Waals surface area contributed by atoms with Gasteiger partial charge in [0.1, 0.15) is 7.11 Å². The average Bonchev–Trinajstić information content (AvgIpc) is 3.59. The molecule has 5 aromatic carbocycles. The van der Waals surface area contributed by atoms with E-state index in [9.17, 15) is 0 Å². The molecule has 37 heavy (non-hydrogen) atoms. The predicted octanol–water partition coefficient (Wildman–Crippen LogP) is 7.89. The third kappa shape index (κ3) is 2.62. The lowest BCUT2D eigenvalue weighted by molar-refractivity contribution is 0.190. The molecule has 3 heterocycles. The largest absolute Gasteiger partial charge is 0.416 e. The highest BCUT2D eigenvalue weighted by atomic mass is 16.6.